The molecular formula is C23H24N2O3S. The Morgan fingerprint density at radius 1 is 1.07 bits per heavy atom. The van der Waals surface area contributed by atoms with Gasteiger partial charge in [0.1, 0.15) is 5.01 Å². The molecule has 1 amide bonds. The zero-order valence-electron chi connectivity index (χ0n) is 16.7. The van der Waals surface area contributed by atoms with Crippen molar-refractivity contribution in [1.29, 1.82) is 0 Å². The van der Waals surface area contributed by atoms with E-state index in [1.807, 2.05) is 54.6 Å². The SMILES string of the molecule is CC[C@@H](C)c1ccccc1NC(=O)[C@@H](C)OC(=O)c1csc(-c2ccccc2)n1. The molecule has 0 saturated carbocycles. The summed E-state index contributed by atoms with van der Waals surface area (Å²) in [5, 5.41) is 5.26. The Morgan fingerprint density at radius 2 is 1.76 bits per heavy atom. The number of ether oxygens (including phenoxy) is 1. The van der Waals surface area contributed by atoms with E-state index in [0.717, 1.165) is 28.2 Å². The molecule has 1 heterocycles. The standard InChI is InChI=1S/C23H24N2O3S/c1-4-15(2)18-12-8-9-13-19(18)24-21(26)16(3)28-23(27)20-14-29-22(25-20)17-10-6-5-7-11-17/h5-16H,4H2,1-3H3,(H,24,26)/t15-,16-/m1/s1. The zero-order valence-corrected chi connectivity index (χ0v) is 17.5. The quantitative estimate of drug-likeness (QED) is 0.524. The summed E-state index contributed by atoms with van der Waals surface area (Å²) in [6.45, 7) is 5.77. The number of carbonyl (C=O) groups excluding carboxylic acids is 2. The number of amides is 1. The molecule has 3 rings (SSSR count). The number of esters is 1. The number of benzene rings is 2. The molecule has 0 aliphatic heterocycles. The predicted molar refractivity (Wildman–Crippen MR) is 116 cm³/mol. The van der Waals surface area contributed by atoms with Crippen LogP contribution in [0.5, 0.6) is 0 Å². The first-order valence-corrected chi connectivity index (χ1v) is 10.5. The van der Waals surface area contributed by atoms with Crippen LogP contribution in [0.2, 0.25) is 0 Å². The van der Waals surface area contributed by atoms with Gasteiger partial charge in [0.2, 0.25) is 0 Å². The average molecular weight is 409 g/mol. The molecule has 0 unspecified atom stereocenters. The summed E-state index contributed by atoms with van der Waals surface area (Å²) in [6.07, 6.45) is 0.0275. The fourth-order valence-electron chi connectivity index (χ4n) is 2.85. The molecular weight excluding hydrogens is 384 g/mol. The van der Waals surface area contributed by atoms with Crippen LogP contribution in [0.1, 0.15) is 49.2 Å². The Balaban J connectivity index is 1.65. The number of carbonyl (C=O) groups is 2. The van der Waals surface area contributed by atoms with E-state index in [-0.39, 0.29) is 11.6 Å². The van der Waals surface area contributed by atoms with Crippen LogP contribution < -0.4 is 5.32 Å². The van der Waals surface area contributed by atoms with Crippen LogP contribution in [-0.2, 0) is 9.53 Å². The van der Waals surface area contributed by atoms with Gasteiger partial charge in [0.15, 0.2) is 11.8 Å². The van der Waals surface area contributed by atoms with E-state index in [0.29, 0.717) is 5.92 Å². The molecule has 29 heavy (non-hydrogen) atoms. The lowest BCUT2D eigenvalue weighted by Gasteiger charge is -2.18. The van der Waals surface area contributed by atoms with Crippen molar-refractivity contribution in [3.8, 4) is 10.6 Å². The molecule has 1 N–H and O–H groups in total. The van der Waals surface area contributed by atoms with Crippen molar-refractivity contribution in [2.45, 2.75) is 39.2 Å². The Hall–Kier alpha value is -2.99. The van der Waals surface area contributed by atoms with Crippen LogP contribution in [-0.4, -0.2) is 23.0 Å². The topological polar surface area (TPSA) is 68.3 Å². The van der Waals surface area contributed by atoms with Crippen LogP contribution in [0.3, 0.4) is 0 Å². The highest BCUT2D eigenvalue weighted by Gasteiger charge is 2.22. The monoisotopic (exact) mass is 408 g/mol. The van der Waals surface area contributed by atoms with E-state index in [1.165, 1.54) is 11.3 Å². The molecule has 3 aromatic rings. The highest BCUT2D eigenvalue weighted by atomic mass is 32.1. The fourth-order valence-corrected chi connectivity index (χ4v) is 3.65. The van der Waals surface area contributed by atoms with Gasteiger partial charge in [0, 0.05) is 16.6 Å². The molecule has 150 valence electrons. The van der Waals surface area contributed by atoms with Crippen molar-refractivity contribution in [2.24, 2.45) is 0 Å². The molecule has 2 atom stereocenters. The van der Waals surface area contributed by atoms with Gasteiger partial charge in [0.05, 0.1) is 0 Å². The highest BCUT2D eigenvalue weighted by molar-refractivity contribution is 7.13. The molecule has 0 aliphatic rings. The molecule has 1 aromatic heterocycles. The van der Waals surface area contributed by atoms with Crippen molar-refractivity contribution in [1.82, 2.24) is 4.98 Å². The van der Waals surface area contributed by atoms with E-state index < -0.39 is 12.1 Å². The van der Waals surface area contributed by atoms with Gasteiger partial charge >= 0.3 is 5.97 Å². The molecule has 0 saturated heterocycles. The third-order valence-corrected chi connectivity index (χ3v) is 5.64. The zero-order chi connectivity index (χ0) is 20.8. The maximum Gasteiger partial charge on any atom is 0.358 e. The minimum atomic E-state index is -0.936. The number of nitrogens with zero attached hydrogens (tertiary/aromatic N) is 1. The van der Waals surface area contributed by atoms with Gasteiger partial charge in [-0.3, -0.25) is 4.79 Å². The lowest BCUT2D eigenvalue weighted by atomic mass is 9.97. The Kier molecular flexibility index (Phi) is 6.77. The molecule has 0 spiro atoms. The number of para-hydroxylation sites is 1. The predicted octanol–water partition coefficient (Wildman–Crippen LogP) is 5.51. The van der Waals surface area contributed by atoms with Crippen molar-refractivity contribution in [3.05, 3.63) is 71.2 Å². The molecule has 2 aromatic carbocycles. The summed E-state index contributed by atoms with van der Waals surface area (Å²) in [4.78, 5) is 29.3. The fraction of sp³-hybridized carbons (Fsp3) is 0.261. The van der Waals surface area contributed by atoms with E-state index in [4.69, 9.17) is 4.74 Å². The number of hydrogen-bond acceptors (Lipinski definition) is 5. The van der Waals surface area contributed by atoms with Crippen molar-refractivity contribution >= 4 is 28.9 Å². The minimum absolute atomic E-state index is 0.202. The Labute approximate surface area is 174 Å². The summed E-state index contributed by atoms with van der Waals surface area (Å²) in [5.74, 6) is -0.662. The molecule has 0 radical (unpaired) electrons. The first-order valence-electron chi connectivity index (χ1n) is 9.61. The van der Waals surface area contributed by atoms with Gasteiger partial charge in [-0.1, -0.05) is 62.4 Å². The number of aromatic nitrogens is 1. The second kappa shape index (κ2) is 9.47. The second-order valence-corrected chi connectivity index (χ2v) is 7.70. The molecule has 0 fully saturated rings. The summed E-state index contributed by atoms with van der Waals surface area (Å²) < 4.78 is 5.34. The maximum atomic E-state index is 12.6. The summed E-state index contributed by atoms with van der Waals surface area (Å²) in [7, 11) is 0. The van der Waals surface area contributed by atoms with Gasteiger partial charge in [-0.2, -0.15) is 0 Å². The van der Waals surface area contributed by atoms with Crippen LogP contribution in [0, 0.1) is 0 Å². The lowest BCUT2D eigenvalue weighted by molar-refractivity contribution is -0.123. The number of anilines is 1. The second-order valence-electron chi connectivity index (χ2n) is 6.84. The first kappa shape index (κ1) is 20.7. The van der Waals surface area contributed by atoms with Gasteiger partial charge in [-0.05, 0) is 30.9 Å². The normalized spacial score (nSPS) is 12.8. The number of nitrogens with one attached hydrogen (secondary N) is 1. The number of thiazole rings is 1. The Morgan fingerprint density at radius 3 is 2.48 bits per heavy atom. The maximum absolute atomic E-state index is 12.6. The number of hydrogen-bond donors (Lipinski definition) is 1. The van der Waals surface area contributed by atoms with E-state index in [9.17, 15) is 9.59 Å². The van der Waals surface area contributed by atoms with Gasteiger partial charge in [0.25, 0.3) is 5.91 Å². The van der Waals surface area contributed by atoms with Crippen molar-refractivity contribution in [3.63, 3.8) is 0 Å². The third kappa shape index (κ3) is 5.09. The average Bonchev–Trinajstić information content (AvgIpc) is 3.24. The number of rotatable bonds is 7. The molecule has 0 aliphatic carbocycles. The van der Waals surface area contributed by atoms with E-state index in [1.54, 1.807) is 12.3 Å². The molecule has 0 bridgehead atoms. The summed E-state index contributed by atoms with van der Waals surface area (Å²) >= 11 is 1.36. The van der Waals surface area contributed by atoms with E-state index in [2.05, 4.69) is 24.1 Å². The smallest absolute Gasteiger partial charge is 0.358 e. The van der Waals surface area contributed by atoms with Gasteiger partial charge in [-0.25, -0.2) is 9.78 Å². The molecule has 5 nitrogen and oxygen atoms in total. The molecule has 6 heteroatoms. The first-order chi connectivity index (χ1) is 14.0. The minimum Gasteiger partial charge on any atom is -0.448 e. The van der Waals surface area contributed by atoms with Crippen LogP contribution in [0.15, 0.2) is 60.0 Å². The van der Waals surface area contributed by atoms with E-state index >= 15 is 0 Å². The largest absolute Gasteiger partial charge is 0.448 e. The van der Waals surface area contributed by atoms with Crippen LogP contribution >= 0.6 is 11.3 Å². The van der Waals surface area contributed by atoms with Gasteiger partial charge < -0.3 is 10.1 Å². The van der Waals surface area contributed by atoms with Crippen LogP contribution in [0.4, 0.5) is 5.69 Å². The van der Waals surface area contributed by atoms with Crippen molar-refractivity contribution < 1.29 is 14.3 Å². The summed E-state index contributed by atoms with van der Waals surface area (Å²) in [5.41, 5.74) is 2.95. The highest BCUT2D eigenvalue weighted by Crippen LogP contribution is 2.27. The van der Waals surface area contributed by atoms with Crippen LogP contribution in [0.25, 0.3) is 10.6 Å². The van der Waals surface area contributed by atoms with Crippen molar-refractivity contribution in [2.75, 3.05) is 5.32 Å². The summed E-state index contributed by atoms with van der Waals surface area (Å²) in [6, 6.07) is 17.3. The van der Waals surface area contributed by atoms with Gasteiger partial charge in [-0.15, -0.1) is 11.3 Å². The lowest BCUT2D eigenvalue weighted by Crippen LogP contribution is -2.30. The third-order valence-electron chi connectivity index (χ3n) is 4.75. The Bertz CT molecular complexity index is 985.